The third-order valence-electron chi connectivity index (χ3n) is 2.57. The molecule has 0 radical (unpaired) electrons. The van der Waals surface area contributed by atoms with Gasteiger partial charge in [-0.1, -0.05) is 56.5 Å². The lowest BCUT2D eigenvalue weighted by Crippen LogP contribution is -2.40. The van der Waals surface area contributed by atoms with Gasteiger partial charge >= 0.3 is 0 Å². The molecule has 0 unspecified atom stereocenters. The predicted molar refractivity (Wildman–Crippen MR) is 85.6 cm³/mol. The first-order valence-corrected chi connectivity index (χ1v) is 13.2. The topological polar surface area (TPSA) is 29.5 Å². The lowest BCUT2D eigenvalue weighted by atomic mass is 10.1. The summed E-state index contributed by atoms with van der Waals surface area (Å²) in [6.45, 7) is 8.93. The van der Waals surface area contributed by atoms with E-state index in [0.29, 0.717) is 6.42 Å². The van der Waals surface area contributed by atoms with Gasteiger partial charge in [0, 0.05) is 6.17 Å². The van der Waals surface area contributed by atoms with Crippen LogP contribution >= 0.6 is 0 Å². The minimum Gasteiger partial charge on any atom is -0.275 e. The standard InChI is InChI=1S/C14H25NO2Si2/c1-18(2)11-15(17-12-19(3)4)14(16)10-13-8-6-5-7-9-13/h5-9,18-19H,10-12H2,1-4H3. The van der Waals surface area contributed by atoms with Crippen molar-refractivity contribution in [2.75, 3.05) is 12.4 Å². The molecule has 0 aliphatic rings. The Morgan fingerprint density at radius 3 is 2.26 bits per heavy atom. The van der Waals surface area contributed by atoms with Gasteiger partial charge in [0.1, 0.15) is 0 Å². The second-order valence-corrected chi connectivity index (χ2v) is 12.0. The molecule has 19 heavy (non-hydrogen) atoms. The first-order chi connectivity index (χ1) is 8.99. The highest BCUT2D eigenvalue weighted by Crippen LogP contribution is 2.05. The van der Waals surface area contributed by atoms with Crippen molar-refractivity contribution in [1.82, 2.24) is 5.06 Å². The predicted octanol–water partition coefficient (Wildman–Crippen LogP) is 2.04. The van der Waals surface area contributed by atoms with Gasteiger partial charge in [-0.25, -0.2) is 5.06 Å². The van der Waals surface area contributed by atoms with Crippen LogP contribution in [0.4, 0.5) is 0 Å². The molecular formula is C14H25NO2Si2. The molecule has 0 N–H and O–H groups in total. The molecule has 0 bridgehead atoms. The first kappa shape index (κ1) is 16.1. The second-order valence-electron chi connectivity index (χ2n) is 5.70. The van der Waals surface area contributed by atoms with E-state index in [1.165, 1.54) is 0 Å². The van der Waals surface area contributed by atoms with Crippen LogP contribution in [-0.4, -0.2) is 41.0 Å². The van der Waals surface area contributed by atoms with Gasteiger partial charge in [-0.2, -0.15) is 0 Å². The van der Waals surface area contributed by atoms with E-state index in [4.69, 9.17) is 4.84 Å². The smallest absolute Gasteiger partial charge is 0.250 e. The molecule has 0 spiro atoms. The number of carbonyl (C=O) groups is 1. The van der Waals surface area contributed by atoms with E-state index in [-0.39, 0.29) is 5.91 Å². The molecule has 0 saturated carbocycles. The van der Waals surface area contributed by atoms with Crippen LogP contribution in [0.2, 0.25) is 26.2 Å². The van der Waals surface area contributed by atoms with Gasteiger partial charge in [0.05, 0.1) is 30.2 Å². The molecular weight excluding hydrogens is 270 g/mol. The Hall–Kier alpha value is -0.916. The molecule has 0 aliphatic heterocycles. The average Bonchev–Trinajstić information content (AvgIpc) is 2.35. The number of carbonyl (C=O) groups excluding carboxylic acids is 1. The first-order valence-electron chi connectivity index (χ1n) is 6.96. The van der Waals surface area contributed by atoms with E-state index >= 15 is 0 Å². The third-order valence-corrected chi connectivity index (χ3v) is 4.45. The number of amides is 1. The Bertz CT molecular complexity index is 382. The Balaban J connectivity index is 2.60. The van der Waals surface area contributed by atoms with Crippen LogP contribution in [0.15, 0.2) is 30.3 Å². The molecule has 5 heteroatoms. The summed E-state index contributed by atoms with van der Waals surface area (Å²) in [5.74, 6) is 0.0852. The van der Waals surface area contributed by atoms with E-state index in [1.54, 1.807) is 5.06 Å². The molecule has 0 saturated heterocycles. The summed E-state index contributed by atoms with van der Waals surface area (Å²) in [6.07, 6.45) is 1.97. The number of benzene rings is 1. The summed E-state index contributed by atoms with van der Waals surface area (Å²) in [6, 6.07) is 9.87. The van der Waals surface area contributed by atoms with Crippen LogP contribution in [0.5, 0.6) is 0 Å². The number of nitrogens with zero attached hydrogens (tertiary/aromatic N) is 1. The molecule has 0 aromatic heterocycles. The van der Waals surface area contributed by atoms with Crippen LogP contribution in [0, 0.1) is 0 Å². The quantitative estimate of drug-likeness (QED) is 0.569. The fraction of sp³-hybridized carbons (Fsp3) is 0.500. The van der Waals surface area contributed by atoms with Crippen LogP contribution in [0.3, 0.4) is 0 Å². The number of hydrogen-bond acceptors (Lipinski definition) is 2. The van der Waals surface area contributed by atoms with Gasteiger partial charge in [-0.05, 0) is 5.56 Å². The normalized spacial score (nSPS) is 11.1. The zero-order valence-corrected chi connectivity index (χ0v) is 14.7. The molecule has 0 atom stereocenters. The summed E-state index contributed by atoms with van der Waals surface area (Å²) in [4.78, 5) is 18.0. The summed E-state index contributed by atoms with van der Waals surface area (Å²) < 4.78 is 0. The monoisotopic (exact) mass is 295 g/mol. The maximum absolute atomic E-state index is 12.3. The van der Waals surface area contributed by atoms with E-state index in [9.17, 15) is 4.79 Å². The Labute approximate surface area is 119 Å². The maximum Gasteiger partial charge on any atom is 0.250 e. The summed E-state index contributed by atoms with van der Waals surface area (Å²) in [5.41, 5.74) is 1.05. The highest BCUT2D eigenvalue weighted by Gasteiger charge is 2.17. The fourth-order valence-corrected chi connectivity index (χ4v) is 3.11. The summed E-state index contributed by atoms with van der Waals surface area (Å²) >= 11 is 0. The van der Waals surface area contributed by atoms with Gasteiger partial charge in [0.15, 0.2) is 0 Å². The number of rotatable bonds is 7. The fourth-order valence-electron chi connectivity index (χ4n) is 1.66. The van der Waals surface area contributed by atoms with Crippen molar-refractivity contribution < 1.29 is 9.63 Å². The SMILES string of the molecule is C[SiH](C)CON(C[SiH](C)C)C(=O)Cc1ccccc1. The zero-order chi connectivity index (χ0) is 14.3. The highest BCUT2D eigenvalue weighted by atomic mass is 28.3. The maximum atomic E-state index is 12.3. The second kappa shape index (κ2) is 8.29. The van der Waals surface area contributed by atoms with Gasteiger partial charge in [0.2, 0.25) is 5.91 Å². The minimum absolute atomic E-state index is 0.0852. The lowest BCUT2D eigenvalue weighted by molar-refractivity contribution is -0.174. The zero-order valence-electron chi connectivity index (χ0n) is 12.4. The van der Waals surface area contributed by atoms with Crippen LogP contribution < -0.4 is 0 Å². The van der Waals surface area contributed by atoms with Crippen molar-refractivity contribution in [3.8, 4) is 0 Å². The van der Waals surface area contributed by atoms with Crippen LogP contribution in [0.1, 0.15) is 5.56 Å². The van der Waals surface area contributed by atoms with Gasteiger partial charge < -0.3 is 0 Å². The van der Waals surface area contributed by atoms with E-state index in [1.807, 2.05) is 30.3 Å². The molecule has 1 amide bonds. The van der Waals surface area contributed by atoms with Gasteiger partial charge in [-0.3, -0.25) is 9.63 Å². The molecule has 1 aromatic carbocycles. The van der Waals surface area contributed by atoms with Crippen molar-refractivity contribution >= 4 is 23.5 Å². The van der Waals surface area contributed by atoms with E-state index in [0.717, 1.165) is 18.0 Å². The van der Waals surface area contributed by atoms with Crippen molar-refractivity contribution in [3.05, 3.63) is 35.9 Å². The minimum atomic E-state index is -0.860. The summed E-state index contributed by atoms with van der Waals surface area (Å²) in [7, 11) is -1.66. The van der Waals surface area contributed by atoms with Crippen molar-refractivity contribution in [1.29, 1.82) is 0 Å². The third kappa shape index (κ3) is 6.70. The van der Waals surface area contributed by atoms with Gasteiger partial charge in [0.25, 0.3) is 0 Å². The molecule has 0 fully saturated rings. The summed E-state index contributed by atoms with van der Waals surface area (Å²) in [5, 5.41) is 1.62. The molecule has 1 aromatic rings. The lowest BCUT2D eigenvalue weighted by Gasteiger charge is -2.24. The van der Waals surface area contributed by atoms with Crippen LogP contribution in [-0.2, 0) is 16.1 Å². The molecule has 106 valence electrons. The molecule has 0 aliphatic carbocycles. The number of hydroxylamine groups is 2. The Kier molecular flexibility index (Phi) is 7.04. The average molecular weight is 296 g/mol. The molecule has 1 rings (SSSR count). The van der Waals surface area contributed by atoms with Crippen molar-refractivity contribution in [2.45, 2.75) is 32.6 Å². The Morgan fingerprint density at radius 1 is 1.11 bits per heavy atom. The van der Waals surface area contributed by atoms with E-state index in [2.05, 4.69) is 26.2 Å². The number of hydrogen-bond donors (Lipinski definition) is 0. The largest absolute Gasteiger partial charge is 0.275 e. The van der Waals surface area contributed by atoms with E-state index < -0.39 is 17.6 Å². The van der Waals surface area contributed by atoms with Gasteiger partial charge in [-0.15, -0.1) is 0 Å². The molecule has 3 nitrogen and oxygen atoms in total. The Morgan fingerprint density at radius 2 is 1.74 bits per heavy atom. The molecule has 0 heterocycles. The van der Waals surface area contributed by atoms with Crippen molar-refractivity contribution in [2.24, 2.45) is 0 Å². The van der Waals surface area contributed by atoms with Crippen LogP contribution in [0.25, 0.3) is 0 Å². The highest BCUT2D eigenvalue weighted by molar-refractivity contribution is 6.56. The van der Waals surface area contributed by atoms with Crippen molar-refractivity contribution in [3.63, 3.8) is 0 Å².